The highest BCUT2D eigenvalue weighted by Gasteiger charge is 2.24. The Morgan fingerprint density at radius 3 is 2.52 bits per heavy atom. The van der Waals surface area contributed by atoms with E-state index in [9.17, 15) is 9.59 Å². The smallest absolute Gasteiger partial charge is 0.341 e. The molecule has 1 unspecified atom stereocenters. The lowest BCUT2D eigenvalue weighted by molar-refractivity contribution is -0.122. The van der Waals surface area contributed by atoms with E-state index in [1.165, 1.54) is 18.4 Å². The average Bonchev–Trinajstić information content (AvgIpc) is 3.13. The van der Waals surface area contributed by atoms with Crippen molar-refractivity contribution in [1.29, 1.82) is 0 Å². The number of carbonyl (C=O) groups is 2. The molecule has 0 saturated heterocycles. The fourth-order valence-electron chi connectivity index (χ4n) is 2.79. The topological polar surface area (TPSA) is 64.6 Å². The second-order valence-electron chi connectivity index (χ2n) is 6.37. The minimum absolute atomic E-state index is 0.326. The minimum Gasteiger partial charge on any atom is -0.481 e. The molecule has 7 heteroatoms. The fourth-order valence-corrected chi connectivity index (χ4v) is 3.97. The first-order valence-electron chi connectivity index (χ1n) is 8.89. The van der Waals surface area contributed by atoms with E-state index < -0.39 is 12.1 Å². The van der Waals surface area contributed by atoms with Gasteiger partial charge in [0.1, 0.15) is 16.3 Å². The molecular formula is C22H20ClNO4S. The number of halogens is 1. The Morgan fingerprint density at radius 1 is 1.14 bits per heavy atom. The minimum atomic E-state index is -0.775. The Morgan fingerprint density at radius 2 is 1.86 bits per heavy atom. The van der Waals surface area contributed by atoms with Crippen LogP contribution >= 0.6 is 22.9 Å². The fraction of sp³-hybridized carbons (Fsp3) is 0.182. The number of rotatable bonds is 6. The van der Waals surface area contributed by atoms with Gasteiger partial charge in [-0.05, 0) is 43.2 Å². The van der Waals surface area contributed by atoms with Crippen molar-refractivity contribution < 1.29 is 19.1 Å². The number of benzene rings is 2. The third-order valence-corrected chi connectivity index (χ3v) is 5.44. The lowest BCUT2D eigenvalue weighted by atomic mass is 10.0. The second kappa shape index (κ2) is 9.11. The molecule has 0 aliphatic rings. The highest BCUT2D eigenvalue weighted by atomic mass is 35.5. The van der Waals surface area contributed by atoms with Crippen LogP contribution in [0, 0.1) is 6.92 Å². The Hall–Kier alpha value is -2.83. The van der Waals surface area contributed by atoms with Crippen LogP contribution in [0.3, 0.4) is 0 Å². The third kappa shape index (κ3) is 4.78. The predicted octanol–water partition coefficient (Wildman–Crippen LogP) is 5.57. The maximum atomic E-state index is 12.7. The van der Waals surface area contributed by atoms with Crippen molar-refractivity contribution in [2.24, 2.45) is 0 Å². The van der Waals surface area contributed by atoms with Gasteiger partial charge in [-0.25, -0.2) is 4.79 Å². The zero-order valence-electron chi connectivity index (χ0n) is 16.2. The molecule has 0 radical (unpaired) electrons. The maximum absolute atomic E-state index is 12.7. The molecule has 0 spiro atoms. The Balaban J connectivity index is 1.82. The van der Waals surface area contributed by atoms with Crippen LogP contribution in [0.15, 0.2) is 53.9 Å². The molecule has 1 amide bonds. The summed E-state index contributed by atoms with van der Waals surface area (Å²) in [4.78, 5) is 25.1. The lowest BCUT2D eigenvalue weighted by Crippen LogP contribution is -2.30. The molecule has 150 valence electrons. The normalized spacial score (nSPS) is 11.6. The average molecular weight is 430 g/mol. The van der Waals surface area contributed by atoms with Crippen LogP contribution in [-0.2, 0) is 9.53 Å². The highest BCUT2D eigenvalue weighted by Crippen LogP contribution is 2.36. The molecule has 2 aromatic carbocycles. The van der Waals surface area contributed by atoms with Gasteiger partial charge in [-0.15, -0.1) is 11.3 Å². The predicted molar refractivity (Wildman–Crippen MR) is 116 cm³/mol. The molecule has 0 aliphatic heterocycles. The molecular weight excluding hydrogens is 410 g/mol. The van der Waals surface area contributed by atoms with Crippen molar-refractivity contribution in [2.75, 3.05) is 12.4 Å². The van der Waals surface area contributed by atoms with Gasteiger partial charge in [-0.2, -0.15) is 0 Å². The molecule has 0 aliphatic carbocycles. The van der Waals surface area contributed by atoms with Gasteiger partial charge in [0.2, 0.25) is 0 Å². The molecule has 1 heterocycles. The van der Waals surface area contributed by atoms with Gasteiger partial charge in [0.05, 0.1) is 7.11 Å². The van der Waals surface area contributed by atoms with Gasteiger partial charge < -0.3 is 14.8 Å². The van der Waals surface area contributed by atoms with Gasteiger partial charge in [0.25, 0.3) is 5.91 Å². The van der Waals surface area contributed by atoms with Crippen LogP contribution in [-0.4, -0.2) is 25.1 Å². The van der Waals surface area contributed by atoms with E-state index in [-0.39, 0.29) is 5.91 Å². The van der Waals surface area contributed by atoms with E-state index in [0.717, 1.165) is 11.1 Å². The summed E-state index contributed by atoms with van der Waals surface area (Å²) in [6.45, 7) is 3.50. The second-order valence-corrected chi connectivity index (χ2v) is 7.69. The number of thiophene rings is 1. The number of ether oxygens (including phenoxy) is 2. The molecule has 1 aromatic heterocycles. The Bertz CT molecular complexity index is 1030. The summed E-state index contributed by atoms with van der Waals surface area (Å²) >= 11 is 7.23. The van der Waals surface area contributed by atoms with Crippen molar-refractivity contribution in [3.8, 4) is 16.9 Å². The summed E-state index contributed by atoms with van der Waals surface area (Å²) in [5.41, 5.74) is 2.73. The monoisotopic (exact) mass is 429 g/mol. The van der Waals surface area contributed by atoms with Gasteiger partial charge >= 0.3 is 5.97 Å². The Labute approximate surface area is 178 Å². The number of anilines is 1. The van der Waals surface area contributed by atoms with Crippen LogP contribution < -0.4 is 10.1 Å². The van der Waals surface area contributed by atoms with E-state index in [1.807, 2.05) is 42.6 Å². The maximum Gasteiger partial charge on any atom is 0.341 e. The summed E-state index contributed by atoms with van der Waals surface area (Å²) in [6.07, 6.45) is -0.775. The molecule has 0 fully saturated rings. The van der Waals surface area contributed by atoms with Crippen LogP contribution in [0.2, 0.25) is 5.02 Å². The molecule has 0 bridgehead atoms. The number of hydrogen-bond donors (Lipinski definition) is 1. The first-order valence-corrected chi connectivity index (χ1v) is 10.2. The van der Waals surface area contributed by atoms with Crippen LogP contribution in [0.4, 0.5) is 5.00 Å². The van der Waals surface area contributed by atoms with E-state index in [0.29, 0.717) is 26.9 Å². The Kier molecular flexibility index (Phi) is 6.56. The first-order chi connectivity index (χ1) is 13.9. The van der Waals surface area contributed by atoms with E-state index >= 15 is 0 Å². The summed E-state index contributed by atoms with van der Waals surface area (Å²) in [5, 5.41) is 5.64. The summed E-state index contributed by atoms with van der Waals surface area (Å²) in [6, 6.07) is 14.7. The highest BCUT2D eigenvalue weighted by molar-refractivity contribution is 7.15. The van der Waals surface area contributed by atoms with E-state index in [2.05, 4.69) is 5.32 Å². The van der Waals surface area contributed by atoms with Crippen molar-refractivity contribution in [3.63, 3.8) is 0 Å². The van der Waals surface area contributed by atoms with Crippen LogP contribution in [0.1, 0.15) is 22.8 Å². The summed E-state index contributed by atoms with van der Waals surface area (Å²) in [5.74, 6) is -0.310. The quantitative estimate of drug-likeness (QED) is 0.520. The third-order valence-electron chi connectivity index (χ3n) is 4.31. The van der Waals surface area contributed by atoms with Crippen molar-refractivity contribution in [3.05, 3.63) is 70.1 Å². The molecule has 29 heavy (non-hydrogen) atoms. The molecule has 1 atom stereocenters. The van der Waals surface area contributed by atoms with Crippen LogP contribution in [0.5, 0.6) is 5.75 Å². The number of carbonyl (C=O) groups excluding carboxylic acids is 2. The summed E-state index contributed by atoms with van der Waals surface area (Å²) < 4.78 is 10.7. The largest absolute Gasteiger partial charge is 0.481 e. The number of nitrogens with one attached hydrogen (secondary N) is 1. The number of hydrogen-bond acceptors (Lipinski definition) is 5. The van der Waals surface area contributed by atoms with E-state index in [4.69, 9.17) is 21.1 Å². The number of esters is 1. The molecule has 3 rings (SSSR count). The molecule has 1 N–H and O–H groups in total. The number of aryl methyl sites for hydroxylation is 1. The zero-order chi connectivity index (χ0) is 21.0. The van der Waals surface area contributed by atoms with Crippen LogP contribution in [0.25, 0.3) is 11.1 Å². The van der Waals surface area contributed by atoms with Gasteiger partial charge in [0, 0.05) is 16.0 Å². The standard InChI is InChI=1S/C22H20ClNO4S/c1-13-11-16(23)9-10-18(13)28-14(2)20(25)24-21-19(22(26)27-3)17(12-29-21)15-7-5-4-6-8-15/h4-12,14H,1-3H3,(H,24,25). The summed E-state index contributed by atoms with van der Waals surface area (Å²) in [7, 11) is 1.31. The number of amides is 1. The molecule has 3 aromatic rings. The van der Waals surface area contributed by atoms with Crippen molar-refractivity contribution >= 4 is 39.8 Å². The lowest BCUT2D eigenvalue weighted by Gasteiger charge is -2.16. The molecule has 5 nitrogen and oxygen atoms in total. The van der Waals surface area contributed by atoms with Gasteiger partial charge in [-0.1, -0.05) is 41.9 Å². The zero-order valence-corrected chi connectivity index (χ0v) is 17.8. The van der Waals surface area contributed by atoms with Crippen molar-refractivity contribution in [1.82, 2.24) is 0 Å². The van der Waals surface area contributed by atoms with Crippen molar-refractivity contribution in [2.45, 2.75) is 20.0 Å². The molecule has 0 saturated carbocycles. The number of methoxy groups -OCH3 is 1. The van der Waals surface area contributed by atoms with Gasteiger partial charge in [0.15, 0.2) is 6.10 Å². The first kappa shape index (κ1) is 20.9. The van der Waals surface area contributed by atoms with E-state index in [1.54, 1.807) is 25.1 Å². The van der Waals surface area contributed by atoms with Gasteiger partial charge in [-0.3, -0.25) is 4.79 Å². The SMILES string of the molecule is COC(=O)c1c(-c2ccccc2)csc1NC(=O)C(C)Oc1ccc(Cl)cc1C.